The van der Waals surface area contributed by atoms with Crippen LogP contribution in [0.2, 0.25) is 0 Å². The summed E-state index contributed by atoms with van der Waals surface area (Å²) >= 11 is 0. The fourth-order valence-corrected chi connectivity index (χ4v) is 1.74. The predicted molar refractivity (Wildman–Crippen MR) is 64.3 cm³/mol. The largest absolute Gasteiger partial charge is 0.381 e. The van der Waals surface area contributed by atoms with Crippen LogP contribution in [0.4, 0.5) is 0 Å². The summed E-state index contributed by atoms with van der Waals surface area (Å²) in [5.41, 5.74) is 0. The summed E-state index contributed by atoms with van der Waals surface area (Å²) < 4.78 is 5.44. The quantitative estimate of drug-likeness (QED) is 0.637. The van der Waals surface area contributed by atoms with Crippen LogP contribution in [-0.4, -0.2) is 38.3 Å². The van der Waals surface area contributed by atoms with Crippen LogP contribution >= 0.6 is 0 Å². The number of carbonyl (C=O) groups excluding carboxylic acids is 1. The molecule has 2 N–H and O–H groups in total. The molecule has 94 valence electrons. The number of rotatable bonds is 7. The van der Waals surface area contributed by atoms with Gasteiger partial charge in [0.2, 0.25) is 5.91 Å². The third-order valence-electron chi connectivity index (χ3n) is 2.59. The van der Waals surface area contributed by atoms with Gasteiger partial charge < -0.3 is 15.4 Å². The Hall–Kier alpha value is -0.610. The first-order chi connectivity index (χ1) is 7.70. The molecule has 0 aromatic rings. The van der Waals surface area contributed by atoms with Crippen LogP contribution in [0.5, 0.6) is 0 Å². The van der Waals surface area contributed by atoms with E-state index in [-0.39, 0.29) is 11.9 Å². The average Bonchev–Trinajstić information content (AvgIpc) is 2.75. The summed E-state index contributed by atoms with van der Waals surface area (Å²) in [6, 6.07) is 0.0385. The van der Waals surface area contributed by atoms with Gasteiger partial charge in [-0.3, -0.25) is 4.79 Å². The van der Waals surface area contributed by atoms with E-state index < -0.39 is 0 Å². The van der Waals surface area contributed by atoms with Crippen molar-refractivity contribution in [2.75, 3.05) is 26.3 Å². The molecule has 1 aliphatic rings. The minimum atomic E-state index is 0.0385. The molecular weight excluding hydrogens is 204 g/mol. The average molecular weight is 228 g/mol. The Kier molecular flexibility index (Phi) is 6.42. The molecule has 0 saturated carbocycles. The maximum Gasteiger partial charge on any atom is 0.237 e. The van der Waals surface area contributed by atoms with Crippen molar-refractivity contribution in [3.05, 3.63) is 0 Å². The van der Waals surface area contributed by atoms with Crippen LogP contribution in [-0.2, 0) is 9.53 Å². The second kappa shape index (κ2) is 7.63. The highest BCUT2D eigenvalue weighted by atomic mass is 16.5. The van der Waals surface area contributed by atoms with Gasteiger partial charge in [0.1, 0.15) is 0 Å². The second-order valence-electron chi connectivity index (χ2n) is 4.76. The molecule has 4 heteroatoms. The van der Waals surface area contributed by atoms with E-state index in [1.807, 2.05) is 0 Å². The van der Waals surface area contributed by atoms with E-state index in [0.717, 1.165) is 45.6 Å². The minimum Gasteiger partial charge on any atom is -0.381 e. The van der Waals surface area contributed by atoms with Crippen LogP contribution in [0.3, 0.4) is 0 Å². The first kappa shape index (κ1) is 13.5. The minimum absolute atomic E-state index is 0.0385. The van der Waals surface area contributed by atoms with Crippen LogP contribution in [0.1, 0.15) is 33.1 Å². The van der Waals surface area contributed by atoms with Gasteiger partial charge in [0.25, 0.3) is 0 Å². The van der Waals surface area contributed by atoms with Crippen molar-refractivity contribution in [3.8, 4) is 0 Å². The first-order valence-electron chi connectivity index (χ1n) is 6.29. The van der Waals surface area contributed by atoms with E-state index in [2.05, 4.69) is 24.5 Å². The van der Waals surface area contributed by atoms with Crippen LogP contribution in [0.15, 0.2) is 0 Å². The molecule has 0 unspecified atom stereocenters. The third kappa shape index (κ3) is 5.47. The standard InChI is InChI=1S/C12H24N2O2/c1-10(2)9-16-8-4-7-14-12(15)11-5-3-6-13-11/h10-11,13H,3-9H2,1-2H3,(H,14,15)/t11-/m1/s1. The molecule has 0 bridgehead atoms. The number of hydrogen-bond donors (Lipinski definition) is 2. The number of hydrogen-bond acceptors (Lipinski definition) is 3. The van der Waals surface area contributed by atoms with Gasteiger partial charge in [-0.1, -0.05) is 13.8 Å². The summed E-state index contributed by atoms with van der Waals surface area (Å²) in [5.74, 6) is 0.721. The number of carbonyl (C=O) groups is 1. The molecule has 4 nitrogen and oxygen atoms in total. The summed E-state index contributed by atoms with van der Waals surface area (Å²) in [6.45, 7) is 7.49. The molecule has 0 aromatic carbocycles. The van der Waals surface area contributed by atoms with Crippen molar-refractivity contribution >= 4 is 5.91 Å². The van der Waals surface area contributed by atoms with Gasteiger partial charge in [0, 0.05) is 19.8 Å². The Morgan fingerprint density at radius 1 is 1.56 bits per heavy atom. The summed E-state index contributed by atoms with van der Waals surface area (Å²) in [6.07, 6.45) is 2.97. The molecule has 16 heavy (non-hydrogen) atoms. The zero-order valence-electron chi connectivity index (χ0n) is 10.4. The topological polar surface area (TPSA) is 50.4 Å². The van der Waals surface area contributed by atoms with E-state index in [9.17, 15) is 4.79 Å². The fraction of sp³-hybridized carbons (Fsp3) is 0.917. The second-order valence-corrected chi connectivity index (χ2v) is 4.76. The molecule has 1 saturated heterocycles. The summed E-state index contributed by atoms with van der Waals surface area (Å²) in [7, 11) is 0. The Balaban J connectivity index is 1.92. The van der Waals surface area contributed by atoms with Crippen LogP contribution in [0.25, 0.3) is 0 Å². The van der Waals surface area contributed by atoms with E-state index >= 15 is 0 Å². The molecule has 1 amide bonds. The molecule has 0 spiro atoms. The Morgan fingerprint density at radius 3 is 3.00 bits per heavy atom. The normalized spacial score (nSPS) is 20.3. The van der Waals surface area contributed by atoms with Crippen molar-refractivity contribution in [1.82, 2.24) is 10.6 Å². The lowest BCUT2D eigenvalue weighted by molar-refractivity contribution is -0.122. The zero-order valence-corrected chi connectivity index (χ0v) is 10.4. The van der Waals surface area contributed by atoms with Crippen molar-refractivity contribution < 1.29 is 9.53 Å². The van der Waals surface area contributed by atoms with Crippen molar-refractivity contribution in [3.63, 3.8) is 0 Å². The molecule has 1 atom stereocenters. The fourth-order valence-electron chi connectivity index (χ4n) is 1.74. The lowest BCUT2D eigenvalue weighted by atomic mass is 10.2. The first-order valence-corrected chi connectivity index (χ1v) is 6.29. The van der Waals surface area contributed by atoms with Gasteiger partial charge in [-0.05, 0) is 31.7 Å². The van der Waals surface area contributed by atoms with E-state index in [4.69, 9.17) is 4.74 Å². The molecule has 1 fully saturated rings. The maximum absolute atomic E-state index is 11.6. The van der Waals surface area contributed by atoms with E-state index in [1.54, 1.807) is 0 Å². The van der Waals surface area contributed by atoms with E-state index in [0.29, 0.717) is 5.92 Å². The van der Waals surface area contributed by atoms with Crippen LogP contribution in [0, 0.1) is 5.92 Å². The monoisotopic (exact) mass is 228 g/mol. The van der Waals surface area contributed by atoms with E-state index in [1.165, 1.54) is 0 Å². The van der Waals surface area contributed by atoms with Gasteiger partial charge in [-0.2, -0.15) is 0 Å². The third-order valence-corrected chi connectivity index (χ3v) is 2.59. The lowest BCUT2D eigenvalue weighted by Crippen LogP contribution is -2.40. The zero-order chi connectivity index (χ0) is 11.8. The van der Waals surface area contributed by atoms with Gasteiger partial charge in [0.15, 0.2) is 0 Å². The lowest BCUT2D eigenvalue weighted by Gasteiger charge is -2.11. The molecule has 0 aliphatic carbocycles. The van der Waals surface area contributed by atoms with Crippen LogP contribution < -0.4 is 10.6 Å². The number of ether oxygens (including phenoxy) is 1. The van der Waals surface area contributed by atoms with Crippen molar-refractivity contribution in [1.29, 1.82) is 0 Å². The Labute approximate surface area is 98.1 Å². The Bertz CT molecular complexity index is 201. The highest BCUT2D eigenvalue weighted by molar-refractivity contribution is 5.81. The molecule has 1 aliphatic heterocycles. The van der Waals surface area contributed by atoms with Gasteiger partial charge in [-0.25, -0.2) is 0 Å². The van der Waals surface area contributed by atoms with Gasteiger partial charge in [-0.15, -0.1) is 0 Å². The molecule has 0 aromatic heterocycles. The Morgan fingerprint density at radius 2 is 2.38 bits per heavy atom. The van der Waals surface area contributed by atoms with Crippen molar-refractivity contribution in [2.45, 2.75) is 39.2 Å². The van der Waals surface area contributed by atoms with Crippen molar-refractivity contribution in [2.24, 2.45) is 5.92 Å². The molecule has 1 rings (SSSR count). The van der Waals surface area contributed by atoms with Gasteiger partial charge >= 0.3 is 0 Å². The SMILES string of the molecule is CC(C)COCCCNC(=O)[C@H]1CCCN1. The predicted octanol–water partition coefficient (Wildman–Crippen LogP) is 0.917. The molecule has 0 radical (unpaired) electrons. The van der Waals surface area contributed by atoms with Gasteiger partial charge in [0.05, 0.1) is 6.04 Å². The number of nitrogens with one attached hydrogen (secondary N) is 2. The maximum atomic E-state index is 11.6. The highest BCUT2D eigenvalue weighted by Crippen LogP contribution is 2.04. The molecular formula is C12H24N2O2. The highest BCUT2D eigenvalue weighted by Gasteiger charge is 2.20. The smallest absolute Gasteiger partial charge is 0.237 e. The summed E-state index contributed by atoms with van der Waals surface area (Å²) in [4.78, 5) is 11.6. The number of amides is 1. The molecule has 1 heterocycles. The summed E-state index contributed by atoms with van der Waals surface area (Å²) in [5, 5.41) is 6.11.